The molecule has 0 heterocycles. The van der Waals surface area contributed by atoms with E-state index in [1.54, 1.807) is 88.4 Å². The zero-order chi connectivity index (χ0) is 21.8. The average Bonchev–Trinajstić information content (AvgIpc) is 2.61. The SMILES string of the molecule is CC(C)(O)CCC(C)(C)O.O=C(O)c1ccccc1.O=C(O)c1ccccc1. The number of hydrogen-bond donors (Lipinski definition) is 4. The molecule has 2 aromatic rings. The van der Waals surface area contributed by atoms with E-state index in [4.69, 9.17) is 10.2 Å². The van der Waals surface area contributed by atoms with Gasteiger partial charge >= 0.3 is 11.9 Å². The third kappa shape index (κ3) is 14.5. The fourth-order valence-corrected chi connectivity index (χ4v) is 1.77. The van der Waals surface area contributed by atoms with Gasteiger partial charge in [-0.15, -0.1) is 0 Å². The van der Waals surface area contributed by atoms with E-state index in [0.29, 0.717) is 24.0 Å². The third-order valence-corrected chi connectivity index (χ3v) is 3.39. The molecule has 2 rings (SSSR count). The van der Waals surface area contributed by atoms with Crippen LogP contribution in [0.3, 0.4) is 0 Å². The number of aliphatic hydroxyl groups is 2. The molecular formula is C22H30O6. The van der Waals surface area contributed by atoms with Crippen LogP contribution in [0.15, 0.2) is 60.7 Å². The first-order valence-electron chi connectivity index (χ1n) is 8.83. The Bertz CT molecular complexity index is 634. The topological polar surface area (TPSA) is 115 Å². The highest BCUT2D eigenvalue weighted by Crippen LogP contribution is 2.17. The van der Waals surface area contributed by atoms with Gasteiger partial charge in [0, 0.05) is 0 Å². The highest BCUT2D eigenvalue weighted by molar-refractivity contribution is 5.87. The van der Waals surface area contributed by atoms with Crippen LogP contribution in [-0.4, -0.2) is 43.6 Å². The molecule has 0 aliphatic heterocycles. The Morgan fingerprint density at radius 1 is 0.643 bits per heavy atom. The Morgan fingerprint density at radius 3 is 1.04 bits per heavy atom. The van der Waals surface area contributed by atoms with Crippen LogP contribution in [-0.2, 0) is 0 Å². The standard InChI is InChI=1S/C8H18O2.2C7H6O2/c1-7(2,9)5-6-8(3,4)10;2*8-7(9)6-4-2-1-3-5-6/h9-10H,5-6H2,1-4H3;2*1-5H,(H,8,9). The summed E-state index contributed by atoms with van der Waals surface area (Å²) in [5.74, 6) is -1.76. The summed E-state index contributed by atoms with van der Waals surface area (Å²) < 4.78 is 0. The monoisotopic (exact) mass is 390 g/mol. The molecule has 6 heteroatoms. The van der Waals surface area contributed by atoms with E-state index in [1.807, 2.05) is 0 Å². The molecule has 0 saturated carbocycles. The maximum atomic E-state index is 10.2. The van der Waals surface area contributed by atoms with Crippen molar-refractivity contribution >= 4 is 11.9 Å². The van der Waals surface area contributed by atoms with E-state index in [2.05, 4.69) is 0 Å². The van der Waals surface area contributed by atoms with E-state index >= 15 is 0 Å². The second-order valence-electron chi connectivity index (χ2n) is 7.47. The molecule has 0 aliphatic carbocycles. The molecule has 6 nitrogen and oxygen atoms in total. The lowest BCUT2D eigenvalue weighted by atomic mass is 9.94. The molecule has 0 fully saturated rings. The quantitative estimate of drug-likeness (QED) is 0.611. The largest absolute Gasteiger partial charge is 0.478 e. The van der Waals surface area contributed by atoms with Gasteiger partial charge in [-0.2, -0.15) is 0 Å². The van der Waals surface area contributed by atoms with Crippen LogP contribution in [0.25, 0.3) is 0 Å². The molecule has 0 atom stereocenters. The number of rotatable bonds is 5. The molecule has 28 heavy (non-hydrogen) atoms. The molecule has 154 valence electrons. The first-order valence-corrected chi connectivity index (χ1v) is 8.83. The van der Waals surface area contributed by atoms with Gasteiger partial charge in [-0.25, -0.2) is 9.59 Å². The normalized spacial score (nSPS) is 10.6. The lowest BCUT2D eigenvalue weighted by molar-refractivity contribution is 0.0169. The van der Waals surface area contributed by atoms with Gasteiger partial charge in [0.05, 0.1) is 22.3 Å². The van der Waals surface area contributed by atoms with E-state index < -0.39 is 23.1 Å². The Balaban J connectivity index is 0.000000391. The van der Waals surface area contributed by atoms with Crippen LogP contribution in [0.5, 0.6) is 0 Å². The smallest absolute Gasteiger partial charge is 0.335 e. The molecule has 0 unspecified atom stereocenters. The summed E-state index contributed by atoms with van der Waals surface area (Å²) in [5.41, 5.74) is -0.644. The Morgan fingerprint density at radius 2 is 0.893 bits per heavy atom. The van der Waals surface area contributed by atoms with E-state index in [9.17, 15) is 19.8 Å². The van der Waals surface area contributed by atoms with Crippen molar-refractivity contribution in [3.63, 3.8) is 0 Å². The number of carbonyl (C=O) groups is 2. The van der Waals surface area contributed by atoms with Gasteiger partial charge in [0.2, 0.25) is 0 Å². The Labute approximate surface area is 166 Å². The minimum atomic E-state index is -0.879. The van der Waals surface area contributed by atoms with Crippen LogP contribution in [0, 0.1) is 0 Å². The zero-order valence-electron chi connectivity index (χ0n) is 16.8. The van der Waals surface area contributed by atoms with Gasteiger partial charge in [-0.1, -0.05) is 36.4 Å². The molecule has 0 radical (unpaired) electrons. The minimum absolute atomic E-state index is 0.331. The number of hydrogen-bond acceptors (Lipinski definition) is 4. The third-order valence-electron chi connectivity index (χ3n) is 3.39. The summed E-state index contributed by atoms with van der Waals surface area (Å²) in [4.78, 5) is 20.4. The van der Waals surface area contributed by atoms with Gasteiger partial charge in [-0.3, -0.25) is 0 Å². The van der Waals surface area contributed by atoms with Gasteiger partial charge < -0.3 is 20.4 Å². The molecule has 4 N–H and O–H groups in total. The van der Waals surface area contributed by atoms with Crippen molar-refractivity contribution in [2.75, 3.05) is 0 Å². The van der Waals surface area contributed by atoms with Crippen LogP contribution < -0.4 is 0 Å². The van der Waals surface area contributed by atoms with Gasteiger partial charge in [0.25, 0.3) is 0 Å². The molecule has 0 spiro atoms. The Kier molecular flexibility index (Phi) is 10.7. The second kappa shape index (κ2) is 11.9. The second-order valence-corrected chi connectivity index (χ2v) is 7.47. The number of carboxylic acids is 2. The van der Waals surface area contributed by atoms with Crippen molar-refractivity contribution in [2.45, 2.75) is 51.7 Å². The van der Waals surface area contributed by atoms with Crippen LogP contribution in [0.4, 0.5) is 0 Å². The van der Waals surface area contributed by atoms with E-state index in [0.717, 1.165) is 0 Å². The Hall–Kier alpha value is -2.70. The van der Waals surface area contributed by atoms with Crippen molar-refractivity contribution < 1.29 is 30.0 Å². The summed E-state index contributed by atoms with van der Waals surface area (Å²) in [6, 6.07) is 16.6. The van der Waals surface area contributed by atoms with Gasteiger partial charge in [0.15, 0.2) is 0 Å². The molecule has 0 bridgehead atoms. The predicted octanol–water partition coefficient (Wildman–Crippen LogP) is 4.08. The van der Waals surface area contributed by atoms with Crippen molar-refractivity contribution in [3.05, 3.63) is 71.8 Å². The van der Waals surface area contributed by atoms with E-state index in [-0.39, 0.29) is 0 Å². The number of carboxylic acid groups (broad SMARTS) is 2. The summed E-state index contributed by atoms with van der Waals surface area (Å²) in [6.45, 7) is 7.00. The highest BCUT2D eigenvalue weighted by atomic mass is 16.4. The zero-order valence-corrected chi connectivity index (χ0v) is 16.8. The first-order chi connectivity index (χ1) is 12.8. The summed E-state index contributed by atoms with van der Waals surface area (Å²) in [7, 11) is 0. The fraction of sp³-hybridized carbons (Fsp3) is 0.364. The molecule has 0 amide bonds. The lowest BCUT2D eigenvalue weighted by Crippen LogP contribution is -2.26. The summed E-state index contributed by atoms with van der Waals surface area (Å²) >= 11 is 0. The van der Waals surface area contributed by atoms with Gasteiger partial charge in [0.1, 0.15) is 0 Å². The predicted molar refractivity (Wildman–Crippen MR) is 109 cm³/mol. The van der Waals surface area contributed by atoms with Crippen LogP contribution >= 0.6 is 0 Å². The van der Waals surface area contributed by atoms with Crippen molar-refractivity contribution in [1.29, 1.82) is 0 Å². The summed E-state index contributed by atoms with van der Waals surface area (Å²) in [6.07, 6.45) is 1.27. The first kappa shape index (κ1) is 25.3. The van der Waals surface area contributed by atoms with Crippen molar-refractivity contribution in [2.24, 2.45) is 0 Å². The molecule has 0 aliphatic rings. The molecule has 0 saturated heterocycles. The van der Waals surface area contributed by atoms with Crippen LogP contribution in [0.1, 0.15) is 61.3 Å². The molecule has 2 aromatic carbocycles. The lowest BCUT2D eigenvalue weighted by Gasteiger charge is -2.23. The van der Waals surface area contributed by atoms with E-state index in [1.165, 1.54) is 0 Å². The summed E-state index contributed by atoms with van der Waals surface area (Å²) in [5, 5.41) is 35.3. The highest BCUT2D eigenvalue weighted by Gasteiger charge is 2.19. The molecule has 0 aromatic heterocycles. The average molecular weight is 390 g/mol. The number of aromatic carboxylic acids is 2. The maximum Gasteiger partial charge on any atom is 0.335 e. The maximum absolute atomic E-state index is 10.2. The van der Waals surface area contributed by atoms with Crippen molar-refractivity contribution in [1.82, 2.24) is 0 Å². The number of benzene rings is 2. The minimum Gasteiger partial charge on any atom is -0.478 e. The molecular weight excluding hydrogens is 360 g/mol. The fourth-order valence-electron chi connectivity index (χ4n) is 1.77. The van der Waals surface area contributed by atoms with Gasteiger partial charge in [-0.05, 0) is 64.8 Å². The van der Waals surface area contributed by atoms with Crippen molar-refractivity contribution in [3.8, 4) is 0 Å². The van der Waals surface area contributed by atoms with Crippen LogP contribution in [0.2, 0.25) is 0 Å².